The third-order valence-electron chi connectivity index (χ3n) is 4.50. The van der Waals surface area contributed by atoms with Gasteiger partial charge in [0, 0.05) is 25.2 Å². The van der Waals surface area contributed by atoms with E-state index in [9.17, 15) is 9.18 Å². The van der Waals surface area contributed by atoms with Crippen molar-refractivity contribution in [3.63, 3.8) is 0 Å². The van der Waals surface area contributed by atoms with Crippen LogP contribution in [0.4, 0.5) is 4.39 Å². The largest absolute Gasteiger partial charge is 0.465 e. The summed E-state index contributed by atoms with van der Waals surface area (Å²) in [6.07, 6.45) is 3.35. The molecule has 0 bridgehead atoms. The summed E-state index contributed by atoms with van der Waals surface area (Å²) in [6.45, 7) is 4.93. The van der Waals surface area contributed by atoms with E-state index in [-0.39, 0.29) is 5.82 Å². The van der Waals surface area contributed by atoms with Crippen molar-refractivity contribution in [1.82, 2.24) is 4.90 Å². The minimum absolute atomic E-state index is 0.284. The molecule has 1 aromatic carbocycles. The lowest BCUT2D eigenvalue weighted by atomic mass is 9.95. The van der Waals surface area contributed by atoms with E-state index in [2.05, 4.69) is 16.6 Å². The van der Waals surface area contributed by atoms with Crippen LogP contribution in [0.2, 0.25) is 0 Å². The van der Waals surface area contributed by atoms with Crippen molar-refractivity contribution >= 4 is 5.97 Å². The first-order chi connectivity index (χ1) is 9.50. The number of hydrogen-bond acceptors (Lipinski definition) is 3. The molecule has 3 rings (SSSR count). The van der Waals surface area contributed by atoms with Gasteiger partial charge in [-0.2, -0.15) is 0 Å². The summed E-state index contributed by atoms with van der Waals surface area (Å²) in [4.78, 5) is 13.8. The fraction of sp³-hybridized carbons (Fsp3) is 0.562. The highest BCUT2D eigenvalue weighted by Gasteiger charge is 2.39. The van der Waals surface area contributed by atoms with Crippen LogP contribution in [0.15, 0.2) is 12.1 Å². The average Bonchev–Trinajstić information content (AvgIpc) is 3.15. The van der Waals surface area contributed by atoms with E-state index in [0.717, 1.165) is 30.6 Å². The third-order valence-corrected chi connectivity index (χ3v) is 4.50. The van der Waals surface area contributed by atoms with Crippen LogP contribution >= 0.6 is 0 Å². The molecule has 1 fully saturated rings. The van der Waals surface area contributed by atoms with Crippen LogP contribution in [-0.2, 0) is 17.7 Å². The Balaban J connectivity index is 1.81. The van der Waals surface area contributed by atoms with Gasteiger partial charge in [-0.25, -0.2) is 9.18 Å². The number of methoxy groups -OCH3 is 1. The highest BCUT2D eigenvalue weighted by molar-refractivity contribution is 5.89. The van der Waals surface area contributed by atoms with Gasteiger partial charge < -0.3 is 4.74 Å². The van der Waals surface area contributed by atoms with Crippen molar-refractivity contribution in [2.24, 2.45) is 5.41 Å². The highest BCUT2D eigenvalue weighted by Crippen LogP contribution is 2.46. The lowest BCUT2D eigenvalue weighted by molar-refractivity contribution is 0.0600. The van der Waals surface area contributed by atoms with Gasteiger partial charge in [0.05, 0.1) is 12.7 Å². The average molecular weight is 277 g/mol. The van der Waals surface area contributed by atoms with Crippen LogP contribution in [0, 0.1) is 11.2 Å². The smallest absolute Gasteiger partial charge is 0.337 e. The van der Waals surface area contributed by atoms with Gasteiger partial charge in [0.25, 0.3) is 0 Å². The molecule has 4 heteroatoms. The molecule has 0 unspecified atom stereocenters. The van der Waals surface area contributed by atoms with Gasteiger partial charge in [0.15, 0.2) is 0 Å². The summed E-state index contributed by atoms with van der Waals surface area (Å²) in [7, 11) is 1.32. The van der Waals surface area contributed by atoms with Crippen molar-refractivity contribution in [2.75, 3.05) is 20.2 Å². The lowest BCUT2D eigenvalue weighted by Gasteiger charge is -2.31. The van der Waals surface area contributed by atoms with Crippen molar-refractivity contribution in [3.05, 3.63) is 34.6 Å². The summed E-state index contributed by atoms with van der Waals surface area (Å²) in [5, 5.41) is 0. The van der Waals surface area contributed by atoms with E-state index in [4.69, 9.17) is 0 Å². The van der Waals surface area contributed by atoms with Crippen LogP contribution in [0.5, 0.6) is 0 Å². The predicted molar refractivity (Wildman–Crippen MR) is 74.1 cm³/mol. The standard InChI is InChI=1S/C16H20FNO2/c1-16(4-5-16)10-18-6-3-11-7-12(15(19)20-2)8-14(17)13(11)9-18/h7-8H,3-6,9-10H2,1-2H3. The molecular formula is C16H20FNO2. The van der Waals surface area contributed by atoms with Crippen molar-refractivity contribution in [3.8, 4) is 0 Å². The number of nitrogens with zero attached hydrogens (tertiary/aromatic N) is 1. The maximum absolute atomic E-state index is 14.2. The Morgan fingerprint density at radius 1 is 1.45 bits per heavy atom. The van der Waals surface area contributed by atoms with Gasteiger partial charge in [0.1, 0.15) is 5.82 Å². The molecule has 0 spiro atoms. The fourth-order valence-corrected chi connectivity index (χ4v) is 2.96. The molecule has 1 aliphatic heterocycles. The number of esters is 1. The van der Waals surface area contributed by atoms with Gasteiger partial charge in [-0.3, -0.25) is 4.90 Å². The summed E-state index contributed by atoms with van der Waals surface area (Å²) >= 11 is 0. The zero-order chi connectivity index (χ0) is 14.3. The number of carbonyl (C=O) groups is 1. The number of benzene rings is 1. The summed E-state index contributed by atoms with van der Waals surface area (Å²) in [5.41, 5.74) is 2.45. The number of fused-ring (bicyclic) bond motifs is 1. The third kappa shape index (κ3) is 2.57. The Labute approximate surface area is 118 Å². The van der Waals surface area contributed by atoms with Gasteiger partial charge in [-0.1, -0.05) is 6.92 Å². The van der Waals surface area contributed by atoms with E-state index >= 15 is 0 Å². The van der Waals surface area contributed by atoms with E-state index in [1.54, 1.807) is 6.07 Å². The molecule has 2 aliphatic rings. The van der Waals surface area contributed by atoms with Gasteiger partial charge in [-0.05, 0) is 42.4 Å². The molecule has 1 saturated carbocycles. The Bertz CT molecular complexity index is 552. The Hall–Kier alpha value is -1.42. The molecule has 0 atom stereocenters. The first-order valence-corrected chi connectivity index (χ1v) is 7.13. The van der Waals surface area contributed by atoms with E-state index in [0.29, 0.717) is 17.5 Å². The summed E-state index contributed by atoms with van der Waals surface area (Å²) in [5.74, 6) is -0.756. The Morgan fingerprint density at radius 2 is 2.20 bits per heavy atom. The summed E-state index contributed by atoms with van der Waals surface area (Å²) < 4.78 is 18.9. The molecule has 1 aromatic rings. The highest BCUT2D eigenvalue weighted by atomic mass is 19.1. The fourth-order valence-electron chi connectivity index (χ4n) is 2.96. The molecule has 0 saturated heterocycles. The summed E-state index contributed by atoms with van der Waals surface area (Å²) in [6, 6.07) is 3.08. The first-order valence-electron chi connectivity index (χ1n) is 7.13. The predicted octanol–water partition coefficient (Wildman–Crippen LogP) is 2.77. The molecule has 1 aliphatic carbocycles. The topological polar surface area (TPSA) is 29.5 Å². The van der Waals surface area contributed by atoms with Crippen LogP contribution in [0.1, 0.15) is 41.3 Å². The van der Waals surface area contributed by atoms with Crippen molar-refractivity contribution in [1.29, 1.82) is 0 Å². The Kier molecular flexibility index (Phi) is 3.28. The van der Waals surface area contributed by atoms with Crippen LogP contribution in [0.25, 0.3) is 0 Å². The van der Waals surface area contributed by atoms with Crippen LogP contribution < -0.4 is 0 Å². The zero-order valence-corrected chi connectivity index (χ0v) is 12.0. The maximum Gasteiger partial charge on any atom is 0.337 e. The second-order valence-corrected chi connectivity index (χ2v) is 6.36. The van der Waals surface area contributed by atoms with Gasteiger partial charge >= 0.3 is 5.97 Å². The number of halogens is 1. The molecule has 0 radical (unpaired) electrons. The molecule has 0 amide bonds. The lowest BCUT2D eigenvalue weighted by Crippen LogP contribution is -2.35. The van der Waals surface area contributed by atoms with Crippen molar-refractivity contribution < 1.29 is 13.9 Å². The van der Waals surface area contributed by atoms with E-state index < -0.39 is 5.97 Å². The maximum atomic E-state index is 14.2. The zero-order valence-electron chi connectivity index (χ0n) is 12.0. The molecule has 0 aromatic heterocycles. The minimum Gasteiger partial charge on any atom is -0.465 e. The molecule has 0 N–H and O–H groups in total. The van der Waals surface area contributed by atoms with Crippen LogP contribution in [-0.4, -0.2) is 31.1 Å². The number of hydrogen-bond donors (Lipinski definition) is 0. The minimum atomic E-state index is -0.473. The molecule has 108 valence electrons. The molecular weight excluding hydrogens is 257 g/mol. The van der Waals surface area contributed by atoms with Gasteiger partial charge in [0.2, 0.25) is 0 Å². The Morgan fingerprint density at radius 3 is 2.85 bits per heavy atom. The van der Waals surface area contributed by atoms with Crippen molar-refractivity contribution in [2.45, 2.75) is 32.7 Å². The SMILES string of the molecule is COC(=O)c1cc(F)c2c(c1)CCN(CC1(C)CC1)C2. The quantitative estimate of drug-likeness (QED) is 0.796. The monoisotopic (exact) mass is 277 g/mol. The number of carbonyl (C=O) groups excluding carboxylic acids is 1. The first kappa shape index (κ1) is 13.6. The molecule has 1 heterocycles. The second kappa shape index (κ2) is 4.85. The van der Waals surface area contributed by atoms with E-state index in [1.165, 1.54) is 26.0 Å². The normalized spacial score (nSPS) is 20.4. The molecule has 3 nitrogen and oxygen atoms in total. The number of rotatable bonds is 3. The van der Waals surface area contributed by atoms with Gasteiger partial charge in [-0.15, -0.1) is 0 Å². The van der Waals surface area contributed by atoms with E-state index in [1.807, 2.05) is 0 Å². The number of ether oxygens (including phenoxy) is 1. The molecule has 20 heavy (non-hydrogen) atoms. The second-order valence-electron chi connectivity index (χ2n) is 6.36. The van der Waals surface area contributed by atoms with Crippen LogP contribution in [0.3, 0.4) is 0 Å².